The predicted octanol–water partition coefficient (Wildman–Crippen LogP) is 4.54. The van der Waals surface area contributed by atoms with Gasteiger partial charge in [-0.2, -0.15) is 0 Å². The first kappa shape index (κ1) is 38.5. The van der Waals surface area contributed by atoms with E-state index in [1.54, 1.807) is 45.0 Å². The van der Waals surface area contributed by atoms with E-state index in [1.807, 2.05) is 6.08 Å². The SMILES string of the molecule is CC(=O)OCC(=O)[C@@]1(O)[C@H](C)C[C@H]2[C@@H]3CC=C4CC(=O)C=C[C@]4(C)[C@@]3(F)[C@@H](OC(=O)CCC(=O)OCC#Cc3c(N)c(O)c4ccccc4c3O)C[C@@]21C. The Balaban J connectivity index is 1.20. The molecule has 13 heteroatoms. The molecule has 2 saturated carbocycles. The Bertz CT molecular complexity index is 2080. The minimum Gasteiger partial charge on any atom is -0.506 e. The second-order valence-corrected chi connectivity index (χ2v) is 15.3. The van der Waals surface area contributed by atoms with E-state index in [-0.39, 0.29) is 54.2 Å². The molecule has 54 heavy (non-hydrogen) atoms. The molecule has 0 unspecified atom stereocenters. The minimum atomic E-state index is -2.25. The Hall–Kier alpha value is -5.22. The van der Waals surface area contributed by atoms with Crippen LogP contribution in [0.4, 0.5) is 10.1 Å². The van der Waals surface area contributed by atoms with E-state index in [1.165, 1.54) is 12.2 Å². The van der Waals surface area contributed by atoms with Gasteiger partial charge in [0.1, 0.15) is 23.2 Å². The number of nitrogen functional groups attached to an aromatic ring is 1. The summed E-state index contributed by atoms with van der Waals surface area (Å²) in [5.41, 5.74) is -0.597. The van der Waals surface area contributed by atoms with Crippen molar-refractivity contribution in [3.8, 4) is 23.3 Å². The van der Waals surface area contributed by atoms with Crippen LogP contribution in [-0.4, -0.2) is 75.4 Å². The van der Waals surface area contributed by atoms with Crippen LogP contribution >= 0.6 is 0 Å². The normalized spacial score (nSPS) is 32.3. The molecule has 5 N–H and O–H groups in total. The number of halogens is 1. The molecule has 8 atom stereocenters. The van der Waals surface area contributed by atoms with E-state index in [0.717, 1.165) is 6.92 Å². The minimum absolute atomic E-state index is 0.00181. The van der Waals surface area contributed by atoms with Gasteiger partial charge in [0.25, 0.3) is 0 Å². The molecular weight excluding hydrogens is 701 g/mol. The molecule has 12 nitrogen and oxygen atoms in total. The molecule has 2 fully saturated rings. The molecule has 4 aliphatic rings. The lowest BCUT2D eigenvalue weighted by Crippen LogP contribution is -2.69. The highest BCUT2D eigenvalue weighted by Gasteiger charge is 2.76. The van der Waals surface area contributed by atoms with Crippen LogP contribution in [-0.2, 0) is 38.2 Å². The molecule has 2 aromatic carbocycles. The first-order valence-electron chi connectivity index (χ1n) is 18.0. The number of carbonyl (C=O) groups excluding carboxylic acids is 5. The van der Waals surface area contributed by atoms with E-state index in [0.29, 0.717) is 16.3 Å². The van der Waals surface area contributed by atoms with Gasteiger partial charge in [-0.25, -0.2) is 4.39 Å². The third-order valence-corrected chi connectivity index (χ3v) is 12.5. The summed E-state index contributed by atoms with van der Waals surface area (Å²) in [6.07, 6.45) is 2.45. The van der Waals surface area contributed by atoms with Crippen LogP contribution in [0.3, 0.4) is 0 Å². The van der Waals surface area contributed by atoms with E-state index < -0.39 is 95.7 Å². The number of alkyl halides is 1. The van der Waals surface area contributed by atoms with E-state index >= 15 is 4.39 Å². The maximum absolute atomic E-state index is 18.4. The summed E-state index contributed by atoms with van der Waals surface area (Å²) in [5.74, 6) is -0.713. The van der Waals surface area contributed by atoms with Gasteiger partial charge >= 0.3 is 17.9 Å². The van der Waals surface area contributed by atoms with Crippen molar-refractivity contribution in [1.82, 2.24) is 0 Å². The summed E-state index contributed by atoms with van der Waals surface area (Å²) >= 11 is 0. The van der Waals surface area contributed by atoms with Crippen molar-refractivity contribution >= 4 is 45.9 Å². The Kier molecular flexibility index (Phi) is 9.90. The van der Waals surface area contributed by atoms with Crippen molar-refractivity contribution in [2.75, 3.05) is 18.9 Å². The number of aliphatic hydroxyl groups is 1. The van der Waals surface area contributed by atoms with Gasteiger partial charge in [-0.3, -0.25) is 24.0 Å². The fraction of sp³-hybridized carbons (Fsp3) is 0.488. The number of allylic oxidation sites excluding steroid dienone is 4. The van der Waals surface area contributed by atoms with Gasteiger partial charge in [-0.15, -0.1) is 0 Å². The van der Waals surface area contributed by atoms with Crippen molar-refractivity contribution in [3.05, 3.63) is 53.6 Å². The number of benzene rings is 2. The summed E-state index contributed by atoms with van der Waals surface area (Å²) in [6.45, 7) is 5.08. The van der Waals surface area contributed by atoms with E-state index in [9.17, 15) is 39.3 Å². The monoisotopic (exact) mass is 745 g/mol. The molecule has 0 heterocycles. The molecule has 0 bridgehead atoms. The average Bonchev–Trinajstić information content (AvgIpc) is 3.33. The van der Waals surface area contributed by atoms with Gasteiger partial charge in [-0.1, -0.05) is 67.7 Å². The van der Waals surface area contributed by atoms with Crippen molar-refractivity contribution in [1.29, 1.82) is 0 Å². The Morgan fingerprint density at radius 2 is 1.69 bits per heavy atom. The number of phenolic OH excluding ortho intramolecular Hbond substituents is 2. The predicted molar refractivity (Wildman–Crippen MR) is 192 cm³/mol. The molecule has 0 amide bonds. The van der Waals surface area contributed by atoms with Crippen molar-refractivity contribution in [2.45, 2.75) is 83.6 Å². The highest BCUT2D eigenvalue weighted by atomic mass is 19.1. The molecule has 0 aliphatic heterocycles. The number of rotatable bonds is 8. The van der Waals surface area contributed by atoms with Crippen molar-refractivity contribution < 1.29 is 57.9 Å². The number of esters is 3. The number of ether oxygens (including phenoxy) is 3. The van der Waals surface area contributed by atoms with Crippen LogP contribution < -0.4 is 5.73 Å². The zero-order valence-corrected chi connectivity index (χ0v) is 30.6. The topological polar surface area (TPSA) is 200 Å². The lowest BCUT2D eigenvalue weighted by Gasteiger charge is -2.62. The first-order valence-corrected chi connectivity index (χ1v) is 18.0. The fourth-order valence-corrected chi connectivity index (χ4v) is 9.70. The molecule has 2 aromatic rings. The summed E-state index contributed by atoms with van der Waals surface area (Å²) in [4.78, 5) is 63.7. The number of Topliss-reactive ketones (excluding diaryl/α,β-unsaturated/α-hetero) is 1. The number of fused-ring (bicyclic) bond motifs is 6. The number of aromatic hydroxyl groups is 2. The molecule has 0 saturated heterocycles. The number of anilines is 1. The second kappa shape index (κ2) is 13.9. The highest BCUT2D eigenvalue weighted by Crippen LogP contribution is 2.70. The van der Waals surface area contributed by atoms with Gasteiger partial charge in [0.05, 0.1) is 24.1 Å². The van der Waals surface area contributed by atoms with Crippen LogP contribution in [0.2, 0.25) is 0 Å². The molecule has 0 spiro atoms. The van der Waals surface area contributed by atoms with Crippen LogP contribution in [0, 0.1) is 40.4 Å². The van der Waals surface area contributed by atoms with E-state index in [4.69, 9.17) is 19.9 Å². The smallest absolute Gasteiger partial charge is 0.307 e. The van der Waals surface area contributed by atoms with Crippen LogP contribution in [0.5, 0.6) is 11.5 Å². The van der Waals surface area contributed by atoms with Gasteiger partial charge in [0.15, 0.2) is 24.7 Å². The lowest BCUT2D eigenvalue weighted by molar-refractivity contribution is -0.227. The maximum Gasteiger partial charge on any atom is 0.307 e. The highest BCUT2D eigenvalue weighted by molar-refractivity contribution is 6.00. The van der Waals surface area contributed by atoms with E-state index in [2.05, 4.69) is 11.8 Å². The van der Waals surface area contributed by atoms with Crippen molar-refractivity contribution in [2.24, 2.45) is 28.6 Å². The summed E-state index contributed by atoms with van der Waals surface area (Å²) < 4.78 is 34.4. The zero-order valence-electron chi connectivity index (χ0n) is 30.6. The Labute approximate surface area is 311 Å². The summed E-state index contributed by atoms with van der Waals surface area (Å²) in [7, 11) is 0. The molecule has 4 aliphatic carbocycles. The van der Waals surface area contributed by atoms with Crippen LogP contribution in [0.1, 0.15) is 71.8 Å². The van der Waals surface area contributed by atoms with Gasteiger partial charge in [0, 0.05) is 40.9 Å². The molecule has 6 rings (SSSR count). The first-order chi connectivity index (χ1) is 25.4. The largest absolute Gasteiger partial charge is 0.506 e. The molecular formula is C41H44FNO11. The second-order valence-electron chi connectivity index (χ2n) is 15.3. The van der Waals surface area contributed by atoms with Crippen LogP contribution in [0.25, 0.3) is 10.8 Å². The average molecular weight is 746 g/mol. The standard InChI is InChI=1S/C41H44FNO11/c1-22-18-30-29-12-11-24-19-25(45)15-16-38(24,3)40(29,42)32(20-39(30,4)41(22,51)31(46)21-53-23(2)44)54-34(48)14-13-33(47)52-17-7-10-28-35(43)37(50)27-9-6-5-8-26(27)36(28)49/h5-6,8-9,11,15-16,22,29-30,32,49-51H,12-14,17-21,43H2,1-4H3/t22-,29+,30+,32+,38+,39+,40+,41+/m1/s1. The fourth-order valence-electron chi connectivity index (χ4n) is 9.70. The molecule has 0 radical (unpaired) electrons. The maximum atomic E-state index is 18.4. The number of hydrogen-bond donors (Lipinski definition) is 4. The molecule has 0 aromatic heterocycles. The Morgan fingerprint density at radius 1 is 1.02 bits per heavy atom. The van der Waals surface area contributed by atoms with Crippen molar-refractivity contribution in [3.63, 3.8) is 0 Å². The summed E-state index contributed by atoms with van der Waals surface area (Å²) in [5, 5.41) is 34.0. The van der Waals surface area contributed by atoms with Gasteiger partial charge in [0.2, 0.25) is 5.78 Å². The molecule has 286 valence electrons. The van der Waals surface area contributed by atoms with Crippen LogP contribution in [0.15, 0.2) is 48.1 Å². The number of carbonyl (C=O) groups is 5. The third-order valence-electron chi connectivity index (χ3n) is 12.5. The quantitative estimate of drug-likeness (QED) is 0.0561. The number of phenols is 2. The Morgan fingerprint density at radius 3 is 2.37 bits per heavy atom. The van der Waals surface area contributed by atoms with Gasteiger partial charge in [-0.05, 0) is 44.1 Å². The lowest BCUT2D eigenvalue weighted by atomic mass is 9.45. The number of hydrogen-bond acceptors (Lipinski definition) is 12. The summed E-state index contributed by atoms with van der Waals surface area (Å²) in [6, 6.07) is 6.52. The van der Waals surface area contributed by atoms with Gasteiger partial charge < -0.3 is 35.3 Å². The number of nitrogens with two attached hydrogens (primary N) is 1. The zero-order chi connectivity index (χ0) is 39.4. The number of ketones is 2. The third kappa shape index (κ3) is 5.91.